The van der Waals surface area contributed by atoms with Gasteiger partial charge in [-0.25, -0.2) is 4.39 Å². The van der Waals surface area contributed by atoms with Gasteiger partial charge in [0.1, 0.15) is 11.9 Å². The number of nitrogens with one attached hydrogen (secondary N) is 1. The zero-order valence-corrected chi connectivity index (χ0v) is 10.4. The molecule has 0 spiro atoms. The van der Waals surface area contributed by atoms with Crippen molar-refractivity contribution in [3.8, 4) is 0 Å². The van der Waals surface area contributed by atoms with Crippen LogP contribution >= 0.6 is 0 Å². The minimum atomic E-state index is -4.30. The summed E-state index contributed by atoms with van der Waals surface area (Å²) < 4.78 is 52.5. The Bertz CT molecular complexity index is 419. The first-order valence-corrected chi connectivity index (χ1v) is 6.23. The highest BCUT2D eigenvalue weighted by molar-refractivity contribution is 5.17. The molecular formula is C13H16F4N2. The smallest absolute Gasteiger partial charge is 0.315 e. The van der Waals surface area contributed by atoms with Gasteiger partial charge in [-0.2, -0.15) is 13.2 Å². The number of alkyl halides is 3. The van der Waals surface area contributed by atoms with Crippen LogP contribution in [0.2, 0.25) is 0 Å². The fraction of sp³-hybridized carbons (Fsp3) is 0.538. The van der Waals surface area contributed by atoms with Gasteiger partial charge in [-0.1, -0.05) is 18.2 Å². The molecule has 1 aromatic rings. The van der Waals surface area contributed by atoms with Crippen molar-refractivity contribution >= 4 is 0 Å². The molecule has 6 heteroatoms. The van der Waals surface area contributed by atoms with E-state index in [1.54, 1.807) is 6.07 Å². The lowest BCUT2D eigenvalue weighted by Gasteiger charge is -2.31. The Hall–Kier alpha value is -1.14. The first kappa shape index (κ1) is 14.3. The van der Waals surface area contributed by atoms with Crippen molar-refractivity contribution in [2.45, 2.75) is 25.2 Å². The van der Waals surface area contributed by atoms with Crippen molar-refractivity contribution in [3.05, 3.63) is 35.6 Å². The van der Waals surface area contributed by atoms with E-state index in [1.807, 2.05) is 0 Å². The molecule has 1 N–H and O–H groups in total. The Morgan fingerprint density at radius 2 is 2.00 bits per heavy atom. The Kier molecular flexibility index (Phi) is 4.42. The highest BCUT2D eigenvalue weighted by Crippen LogP contribution is 2.27. The van der Waals surface area contributed by atoms with Crippen LogP contribution < -0.4 is 5.32 Å². The first-order valence-electron chi connectivity index (χ1n) is 6.23. The lowest BCUT2D eigenvalue weighted by Crippen LogP contribution is -2.49. The fourth-order valence-electron chi connectivity index (χ4n) is 2.29. The SMILES string of the molecule is Fc1ccccc1CN1CCCNCC1C(F)(F)F. The minimum absolute atomic E-state index is 0.0153. The average molecular weight is 276 g/mol. The Labute approximate surface area is 109 Å². The van der Waals surface area contributed by atoms with Gasteiger partial charge in [0.15, 0.2) is 0 Å². The van der Waals surface area contributed by atoms with Gasteiger partial charge in [0.25, 0.3) is 0 Å². The van der Waals surface area contributed by atoms with Crippen molar-refractivity contribution in [2.24, 2.45) is 0 Å². The van der Waals surface area contributed by atoms with Crippen LogP contribution in [0.15, 0.2) is 24.3 Å². The largest absolute Gasteiger partial charge is 0.405 e. The minimum Gasteiger partial charge on any atom is -0.315 e. The summed E-state index contributed by atoms with van der Waals surface area (Å²) in [6.45, 7) is 0.711. The second-order valence-corrected chi connectivity index (χ2v) is 4.68. The molecule has 0 saturated carbocycles. The van der Waals surface area contributed by atoms with E-state index in [4.69, 9.17) is 0 Å². The van der Waals surface area contributed by atoms with Crippen LogP contribution in [0.4, 0.5) is 17.6 Å². The number of rotatable bonds is 2. The monoisotopic (exact) mass is 276 g/mol. The van der Waals surface area contributed by atoms with Gasteiger partial charge in [0.05, 0.1) is 0 Å². The number of hydrogen-bond donors (Lipinski definition) is 1. The van der Waals surface area contributed by atoms with E-state index in [1.165, 1.54) is 23.1 Å². The van der Waals surface area contributed by atoms with E-state index < -0.39 is 18.0 Å². The quantitative estimate of drug-likeness (QED) is 0.835. The number of benzene rings is 1. The third kappa shape index (κ3) is 3.67. The van der Waals surface area contributed by atoms with Gasteiger partial charge in [-0.05, 0) is 19.0 Å². The van der Waals surface area contributed by atoms with Gasteiger partial charge in [-0.15, -0.1) is 0 Å². The molecule has 0 radical (unpaired) electrons. The van der Waals surface area contributed by atoms with Gasteiger partial charge in [0.2, 0.25) is 0 Å². The number of halogens is 4. The van der Waals surface area contributed by atoms with Gasteiger partial charge in [0, 0.05) is 25.2 Å². The maximum absolute atomic E-state index is 13.5. The summed E-state index contributed by atoms with van der Waals surface area (Å²) in [5.41, 5.74) is 0.304. The van der Waals surface area contributed by atoms with Crippen molar-refractivity contribution in [3.63, 3.8) is 0 Å². The molecule has 0 aromatic heterocycles. The molecule has 19 heavy (non-hydrogen) atoms. The molecule has 0 aliphatic carbocycles. The number of hydrogen-bond acceptors (Lipinski definition) is 2. The van der Waals surface area contributed by atoms with Crippen LogP contribution in [0.3, 0.4) is 0 Å². The summed E-state index contributed by atoms with van der Waals surface area (Å²) in [7, 11) is 0. The lowest BCUT2D eigenvalue weighted by molar-refractivity contribution is -0.182. The van der Waals surface area contributed by atoms with E-state index >= 15 is 0 Å². The summed E-state index contributed by atoms with van der Waals surface area (Å²) in [5, 5.41) is 2.78. The van der Waals surface area contributed by atoms with Crippen LogP contribution in [0.5, 0.6) is 0 Å². The van der Waals surface area contributed by atoms with Crippen molar-refractivity contribution in [1.29, 1.82) is 0 Å². The van der Waals surface area contributed by atoms with Crippen LogP contribution in [0, 0.1) is 5.82 Å². The molecule has 1 aliphatic rings. The molecule has 2 rings (SSSR count). The molecule has 1 aromatic carbocycles. The second kappa shape index (κ2) is 5.88. The molecule has 1 atom stereocenters. The van der Waals surface area contributed by atoms with Gasteiger partial charge >= 0.3 is 6.18 Å². The molecule has 2 nitrogen and oxygen atoms in total. The topological polar surface area (TPSA) is 15.3 Å². The molecule has 1 aliphatic heterocycles. The summed E-state index contributed by atoms with van der Waals surface area (Å²) in [6, 6.07) is 4.41. The summed E-state index contributed by atoms with van der Waals surface area (Å²) in [4.78, 5) is 1.30. The molecule has 1 fully saturated rings. The average Bonchev–Trinajstić information content (AvgIpc) is 2.57. The van der Waals surface area contributed by atoms with Crippen LogP contribution in [-0.4, -0.2) is 36.8 Å². The van der Waals surface area contributed by atoms with Crippen LogP contribution in [-0.2, 0) is 6.54 Å². The maximum atomic E-state index is 13.5. The van der Waals surface area contributed by atoms with E-state index in [2.05, 4.69) is 5.32 Å². The zero-order valence-electron chi connectivity index (χ0n) is 10.4. The third-order valence-corrected chi connectivity index (χ3v) is 3.29. The Balaban J connectivity index is 2.17. The lowest BCUT2D eigenvalue weighted by atomic mass is 10.1. The van der Waals surface area contributed by atoms with E-state index in [0.717, 1.165) is 0 Å². The molecule has 1 saturated heterocycles. The Morgan fingerprint density at radius 1 is 1.26 bits per heavy atom. The summed E-state index contributed by atoms with van der Waals surface area (Å²) in [6.07, 6.45) is -3.68. The fourth-order valence-corrected chi connectivity index (χ4v) is 2.29. The highest BCUT2D eigenvalue weighted by Gasteiger charge is 2.43. The van der Waals surface area contributed by atoms with E-state index in [9.17, 15) is 17.6 Å². The maximum Gasteiger partial charge on any atom is 0.405 e. The van der Waals surface area contributed by atoms with Gasteiger partial charge < -0.3 is 5.32 Å². The summed E-state index contributed by atoms with van der Waals surface area (Å²) >= 11 is 0. The standard InChI is InChI=1S/C13H16F4N2/c14-11-5-2-1-4-10(11)9-19-7-3-6-18-8-12(19)13(15,16)17/h1-2,4-5,12,18H,3,6-9H2. The van der Waals surface area contributed by atoms with Crippen molar-refractivity contribution in [2.75, 3.05) is 19.6 Å². The van der Waals surface area contributed by atoms with E-state index in [0.29, 0.717) is 25.1 Å². The second-order valence-electron chi connectivity index (χ2n) is 4.68. The van der Waals surface area contributed by atoms with Crippen LogP contribution in [0.25, 0.3) is 0 Å². The van der Waals surface area contributed by atoms with Crippen molar-refractivity contribution < 1.29 is 17.6 Å². The number of nitrogens with zero attached hydrogens (tertiary/aromatic N) is 1. The molecule has 0 bridgehead atoms. The summed E-state index contributed by atoms with van der Waals surface area (Å²) in [5.74, 6) is -0.458. The third-order valence-electron chi connectivity index (χ3n) is 3.29. The Morgan fingerprint density at radius 3 is 2.68 bits per heavy atom. The molecule has 0 amide bonds. The zero-order chi connectivity index (χ0) is 13.9. The highest BCUT2D eigenvalue weighted by atomic mass is 19.4. The molecule has 1 heterocycles. The normalized spacial score (nSPS) is 22.2. The molecule has 106 valence electrons. The predicted octanol–water partition coefficient (Wildman–Crippen LogP) is 2.55. The van der Waals surface area contributed by atoms with E-state index in [-0.39, 0.29) is 13.1 Å². The van der Waals surface area contributed by atoms with Crippen LogP contribution in [0.1, 0.15) is 12.0 Å². The van der Waals surface area contributed by atoms with Crippen molar-refractivity contribution in [1.82, 2.24) is 10.2 Å². The first-order chi connectivity index (χ1) is 8.98. The molecule has 1 unspecified atom stereocenters. The molecular weight excluding hydrogens is 260 g/mol. The van der Waals surface area contributed by atoms with Gasteiger partial charge in [-0.3, -0.25) is 4.90 Å². The predicted molar refractivity (Wildman–Crippen MR) is 64.1 cm³/mol.